The maximum atomic E-state index is 14.2. The molecule has 0 radical (unpaired) electrons. The van der Waals surface area contributed by atoms with Crippen LogP contribution in [0.3, 0.4) is 0 Å². The number of ketones is 2. The molecule has 1 aliphatic rings. The third-order valence-electron chi connectivity index (χ3n) is 6.97. The second-order valence-electron chi connectivity index (χ2n) is 11.5. The first-order valence-electron chi connectivity index (χ1n) is 12.7. The lowest BCUT2D eigenvalue weighted by molar-refractivity contribution is -0.126. The number of benzene rings is 1. The molecule has 1 aromatic carbocycles. The monoisotopic (exact) mass is 543 g/mol. The second kappa shape index (κ2) is 11.0. The van der Waals surface area contributed by atoms with E-state index >= 15 is 0 Å². The van der Waals surface area contributed by atoms with E-state index in [0.29, 0.717) is 24.0 Å². The topological polar surface area (TPSA) is 76.3 Å². The molecule has 1 aliphatic heterocycles. The van der Waals surface area contributed by atoms with Crippen molar-refractivity contribution >= 4 is 23.2 Å². The number of carbonyl (C=O) groups excluding carboxylic acids is 2. The number of likely N-dealkylation sites (tertiary alicyclic amines) is 1. The van der Waals surface area contributed by atoms with Crippen LogP contribution < -0.4 is 0 Å². The summed E-state index contributed by atoms with van der Waals surface area (Å²) in [5.41, 5.74) is -0.0366. The van der Waals surface area contributed by atoms with Crippen LogP contribution >= 0.6 is 11.6 Å². The van der Waals surface area contributed by atoms with Gasteiger partial charge in [-0.05, 0) is 35.1 Å². The van der Waals surface area contributed by atoms with Crippen LogP contribution in [0.1, 0.15) is 63.0 Å². The van der Waals surface area contributed by atoms with Gasteiger partial charge in [0.05, 0.1) is 10.6 Å². The maximum Gasteiger partial charge on any atom is 0.185 e. The zero-order valence-electron chi connectivity index (χ0n) is 22.1. The molecule has 0 atom stereocenters. The van der Waals surface area contributed by atoms with E-state index in [1.807, 2.05) is 19.9 Å². The lowest BCUT2D eigenvalue weighted by atomic mass is 9.69. The summed E-state index contributed by atoms with van der Waals surface area (Å²) in [4.78, 5) is 33.0. The molecule has 4 rings (SSSR count). The highest BCUT2D eigenvalue weighted by Gasteiger charge is 2.46. The van der Waals surface area contributed by atoms with Crippen molar-refractivity contribution in [2.24, 2.45) is 11.3 Å². The summed E-state index contributed by atoms with van der Waals surface area (Å²) in [6, 6.07) is 6.29. The predicted octanol–water partition coefficient (Wildman–Crippen LogP) is 6.53. The van der Waals surface area contributed by atoms with Gasteiger partial charge in [0, 0.05) is 68.8 Å². The van der Waals surface area contributed by atoms with Crippen LogP contribution in [0, 0.1) is 23.0 Å². The molecule has 6 nitrogen and oxygen atoms in total. The fourth-order valence-electron chi connectivity index (χ4n) is 5.35. The molecule has 1 fully saturated rings. The Morgan fingerprint density at radius 1 is 1.13 bits per heavy atom. The van der Waals surface area contributed by atoms with Gasteiger partial charge in [0.2, 0.25) is 0 Å². The van der Waals surface area contributed by atoms with Gasteiger partial charge in [-0.3, -0.25) is 14.6 Å². The summed E-state index contributed by atoms with van der Waals surface area (Å²) >= 11 is 6.11. The second-order valence-corrected chi connectivity index (χ2v) is 12.0. The Balaban J connectivity index is 1.49. The fourth-order valence-corrected chi connectivity index (χ4v) is 5.52. The molecule has 0 aliphatic carbocycles. The minimum atomic E-state index is -0.803. The van der Waals surface area contributed by atoms with E-state index in [1.165, 1.54) is 12.1 Å². The van der Waals surface area contributed by atoms with Crippen molar-refractivity contribution < 1.29 is 22.9 Å². The number of nitrogens with zero attached hydrogens (tertiary/aromatic N) is 3. The average Bonchev–Trinajstić information content (AvgIpc) is 3.27. The number of halogens is 3. The number of aromatic nitrogens is 2. The largest absolute Gasteiger partial charge is 0.355 e. The molecule has 0 saturated carbocycles. The van der Waals surface area contributed by atoms with Gasteiger partial charge in [-0.15, -0.1) is 0 Å². The van der Waals surface area contributed by atoms with E-state index < -0.39 is 22.5 Å². The van der Waals surface area contributed by atoms with Crippen molar-refractivity contribution in [3.63, 3.8) is 0 Å². The minimum absolute atomic E-state index is 0.0207. The molecule has 2 aromatic heterocycles. The van der Waals surface area contributed by atoms with Crippen LogP contribution in [0.15, 0.2) is 47.2 Å². The molecule has 0 spiro atoms. The number of carbonyl (C=O) groups is 2. The molecule has 3 aromatic rings. The molecule has 0 bridgehead atoms. The Hall–Kier alpha value is -2.97. The summed E-state index contributed by atoms with van der Waals surface area (Å²) in [7, 11) is 0. The molecular formula is C29H32ClF2N3O3. The Kier molecular flexibility index (Phi) is 8.14. The lowest BCUT2D eigenvalue weighted by Gasteiger charge is -2.50. The zero-order valence-corrected chi connectivity index (χ0v) is 22.8. The van der Waals surface area contributed by atoms with Gasteiger partial charge in [-0.25, -0.2) is 8.78 Å². The Morgan fingerprint density at radius 3 is 2.53 bits per heavy atom. The number of hydrogen-bond acceptors (Lipinski definition) is 6. The van der Waals surface area contributed by atoms with Crippen molar-refractivity contribution in [2.75, 3.05) is 19.6 Å². The summed E-state index contributed by atoms with van der Waals surface area (Å²) in [6.45, 7) is 10.3. The van der Waals surface area contributed by atoms with E-state index in [4.69, 9.17) is 16.1 Å². The van der Waals surface area contributed by atoms with E-state index in [-0.39, 0.29) is 47.8 Å². The van der Waals surface area contributed by atoms with Gasteiger partial charge in [-0.2, -0.15) is 0 Å². The first kappa shape index (κ1) is 28.0. The summed E-state index contributed by atoms with van der Waals surface area (Å²) < 4.78 is 32.7. The SMILES string of the molecule is CC(C)CN1CC(CC(=O)CC(C)(C)c2cncc(Cl)c2)(CC(=O)c2cc(-c3ccc(F)cc3F)on2)C1. The third-order valence-corrected chi connectivity index (χ3v) is 7.17. The highest BCUT2D eigenvalue weighted by Crippen LogP contribution is 2.41. The van der Waals surface area contributed by atoms with Crippen LogP contribution in [0.2, 0.25) is 5.02 Å². The van der Waals surface area contributed by atoms with Gasteiger partial charge in [0.15, 0.2) is 11.5 Å². The van der Waals surface area contributed by atoms with E-state index in [1.54, 1.807) is 12.4 Å². The van der Waals surface area contributed by atoms with Gasteiger partial charge < -0.3 is 9.42 Å². The smallest absolute Gasteiger partial charge is 0.185 e. The molecule has 0 unspecified atom stereocenters. The Bertz CT molecular complexity index is 1330. The Labute approximate surface area is 226 Å². The highest BCUT2D eigenvalue weighted by molar-refractivity contribution is 6.30. The molecule has 0 N–H and O–H groups in total. The van der Waals surface area contributed by atoms with Crippen LogP contribution in [0.4, 0.5) is 8.78 Å². The van der Waals surface area contributed by atoms with Crippen molar-refractivity contribution in [1.29, 1.82) is 0 Å². The highest BCUT2D eigenvalue weighted by atomic mass is 35.5. The van der Waals surface area contributed by atoms with E-state index in [0.717, 1.165) is 24.2 Å². The number of Topliss-reactive ketones (excluding diaryl/α,β-unsaturated/α-hetero) is 2. The van der Waals surface area contributed by atoms with Gasteiger partial charge in [0.25, 0.3) is 0 Å². The lowest BCUT2D eigenvalue weighted by Crippen LogP contribution is -2.58. The van der Waals surface area contributed by atoms with Crippen molar-refractivity contribution in [3.05, 3.63) is 70.6 Å². The molecular weight excluding hydrogens is 512 g/mol. The van der Waals surface area contributed by atoms with E-state index in [2.05, 4.69) is 28.9 Å². The first-order chi connectivity index (χ1) is 17.9. The van der Waals surface area contributed by atoms with Gasteiger partial charge in [-0.1, -0.05) is 44.5 Å². The van der Waals surface area contributed by atoms with Crippen molar-refractivity contribution in [3.8, 4) is 11.3 Å². The summed E-state index contributed by atoms with van der Waals surface area (Å²) in [6.07, 6.45) is 3.93. The van der Waals surface area contributed by atoms with Gasteiger partial charge in [0.1, 0.15) is 23.1 Å². The molecule has 1 saturated heterocycles. The van der Waals surface area contributed by atoms with Crippen LogP contribution in [0.5, 0.6) is 0 Å². The standard InChI is InChI=1S/C29H32ClF2N3O3/c1-18(2)15-35-16-29(17-35,11-22(36)10-28(3,4)19-7-20(30)14-33-13-19)12-26(37)25-9-27(38-34-25)23-6-5-21(31)8-24(23)32/h5-9,13-14,18H,10-12,15-17H2,1-4H3. The quantitative estimate of drug-likeness (QED) is 0.256. The zero-order chi connectivity index (χ0) is 27.7. The molecule has 9 heteroatoms. The van der Waals surface area contributed by atoms with Crippen LogP contribution in [0.25, 0.3) is 11.3 Å². The predicted molar refractivity (Wildman–Crippen MR) is 141 cm³/mol. The van der Waals surface area contributed by atoms with Gasteiger partial charge >= 0.3 is 0 Å². The number of hydrogen-bond donors (Lipinski definition) is 0. The fraction of sp³-hybridized carbons (Fsp3) is 0.448. The molecule has 38 heavy (non-hydrogen) atoms. The summed E-state index contributed by atoms with van der Waals surface area (Å²) in [5.74, 6) is -1.23. The normalized spacial score (nSPS) is 15.5. The maximum absolute atomic E-state index is 14.2. The van der Waals surface area contributed by atoms with Crippen molar-refractivity contribution in [1.82, 2.24) is 15.0 Å². The number of pyridine rings is 1. The summed E-state index contributed by atoms with van der Waals surface area (Å²) in [5, 5.41) is 4.36. The third kappa shape index (κ3) is 6.53. The number of rotatable bonds is 11. The minimum Gasteiger partial charge on any atom is -0.355 e. The average molecular weight is 544 g/mol. The first-order valence-corrected chi connectivity index (χ1v) is 13.0. The molecule has 202 valence electrons. The van der Waals surface area contributed by atoms with Crippen LogP contribution in [-0.4, -0.2) is 46.2 Å². The molecule has 3 heterocycles. The van der Waals surface area contributed by atoms with Crippen LogP contribution in [-0.2, 0) is 10.2 Å². The molecule has 0 amide bonds. The van der Waals surface area contributed by atoms with Crippen molar-refractivity contribution in [2.45, 2.75) is 52.4 Å². The Morgan fingerprint density at radius 2 is 1.87 bits per heavy atom. The van der Waals surface area contributed by atoms with E-state index in [9.17, 15) is 18.4 Å².